The third-order valence-corrected chi connectivity index (χ3v) is 3.10. The van der Waals surface area contributed by atoms with Gasteiger partial charge in [0.25, 0.3) is 0 Å². The summed E-state index contributed by atoms with van der Waals surface area (Å²) in [5.41, 5.74) is 1.01. The molecule has 0 spiro atoms. The molecule has 1 N–H and O–H groups in total. The lowest BCUT2D eigenvalue weighted by Gasteiger charge is -2.14. The molecule has 1 aromatic rings. The van der Waals surface area contributed by atoms with Crippen molar-refractivity contribution in [2.24, 2.45) is 0 Å². The fourth-order valence-corrected chi connectivity index (χ4v) is 1.77. The zero-order chi connectivity index (χ0) is 12.1. The van der Waals surface area contributed by atoms with Gasteiger partial charge in [-0.15, -0.1) is 0 Å². The molecular weight excluding hydrogens is 245 g/mol. The predicted octanol–water partition coefficient (Wildman–Crippen LogP) is 2.85. The second-order valence-electron chi connectivity index (χ2n) is 4.20. The van der Waals surface area contributed by atoms with E-state index in [9.17, 15) is 5.11 Å². The monoisotopic (exact) mass is 261 g/mol. The Hall–Kier alpha value is -0.280. The quantitative estimate of drug-likeness (QED) is 0.882. The zero-order valence-corrected chi connectivity index (χ0v) is 11.1. The van der Waals surface area contributed by atoms with Crippen molar-refractivity contribution in [3.05, 3.63) is 33.8 Å². The topological polar surface area (TPSA) is 23.5 Å². The molecule has 1 aromatic carbocycles. The van der Waals surface area contributed by atoms with E-state index >= 15 is 0 Å². The van der Waals surface area contributed by atoms with E-state index in [0.29, 0.717) is 16.5 Å². The Balaban J connectivity index is 2.49. The van der Waals surface area contributed by atoms with Crippen LogP contribution in [-0.4, -0.2) is 36.8 Å². The molecule has 16 heavy (non-hydrogen) atoms. The van der Waals surface area contributed by atoms with Crippen molar-refractivity contribution >= 4 is 23.2 Å². The van der Waals surface area contributed by atoms with E-state index in [2.05, 4.69) is 4.90 Å². The molecule has 2 nitrogen and oxygen atoms in total. The molecule has 0 radical (unpaired) electrons. The van der Waals surface area contributed by atoms with Gasteiger partial charge in [0, 0.05) is 0 Å². The molecule has 0 saturated carbocycles. The van der Waals surface area contributed by atoms with Crippen LogP contribution in [0.5, 0.6) is 0 Å². The van der Waals surface area contributed by atoms with Crippen LogP contribution in [0.25, 0.3) is 0 Å². The maximum absolute atomic E-state index is 9.81. The maximum atomic E-state index is 9.81. The number of aliphatic hydroxyl groups excluding tert-OH is 1. The number of halogens is 2. The predicted molar refractivity (Wildman–Crippen MR) is 69.3 cm³/mol. The average Bonchev–Trinajstić information content (AvgIpc) is 2.21. The lowest BCUT2D eigenvalue weighted by molar-refractivity contribution is 0.152. The normalized spacial score (nSPS) is 13.1. The summed E-state index contributed by atoms with van der Waals surface area (Å²) in [4.78, 5) is 2.05. The second-order valence-corrected chi connectivity index (χ2v) is 5.01. The van der Waals surface area contributed by atoms with E-state index in [1.807, 2.05) is 26.2 Å². The Bertz CT molecular complexity index is 342. The van der Waals surface area contributed by atoms with Crippen molar-refractivity contribution in [1.82, 2.24) is 4.90 Å². The molecule has 0 aliphatic rings. The molecule has 0 bridgehead atoms. The Labute approximate surface area is 107 Å². The van der Waals surface area contributed by atoms with Gasteiger partial charge in [0.2, 0.25) is 0 Å². The summed E-state index contributed by atoms with van der Waals surface area (Å²) in [7, 11) is 3.98. The average molecular weight is 262 g/mol. The van der Waals surface area contributed by atoms with Crippen molar-refractivity contribution in [1.29, 1.82) is 0 Å². The molecular formula is C12H17Cl2NO. The maximum Gasteiger partial charge on any atom is 0.0595 e. The van der Waals surface area contributed by atoms with Crippen molar-refractivity contribution < 1.29 is 5.11 Å². The molecule has 90 valence electrons. The Kier molecular flexibility index (Phi) is 5.56. The van der Waals surface area contributed by atoms with Gasteiger partial charge >= 0.3 is 0 Å². The summed E-state index contributed by atoms with van der Waals surface area (Å²) in [6, 6.07) is 5.47. The minimum Gasteiger partial charge on any atom is -0.393 e. The zero-order valence-electron chi connectivity index (χ0n) is 9.58. The second kappa shape index (κ2) is 6.45. The number of aliphatic hydroxyl groups is 1. The van der Waals surface area contributed by atoms with E-state index in [-0.39, 0.29) is 6.10 Å². The SMILES string of the molecule is CN(C)CCC(O)Cc1ccc(Cl)c(Cl)c1. The summed E-state index contributed by atoms with van der Waals surface area (Å²) < 4.78 is 0. The van der Waals surface area contributed by atoms with Crippen molar-refractivity contribution in [3.8, 4) is 0 Å². The standard InChI is InChI=1S/C12H17Cl2NO/c1-15(2)6-5-10(16)7-9-3-4-11(13)12(14)8-9/h3-4,8,10,16H,5-7H2,1-2H3. The lowest BCUT2D eigenvalue weighted by atomic mass is 10.1. The van der Waals surface area contributed by atoms with Gasteiger partial charge in [0.05, 0.1) is 16.1 Å². The Morgan fingerprint density at radius 1 is 1.25 bits per heavy atom. The minimum atomic E-state index is -0.334. The number of rotatable bonds is 5. The molecule has 0 aliphatic carbocycles. The number of benzene rings is 1. The highest BCUT2D eigenvalue weighted by Gasteiger charge is 2.07. The summed E-state index contributed by atoms with van der Waals surface area (Å²) in [6.07, 6.45) is 1.04. The molecule has 0 fully saturated rings. The molecule has 1 unspecified atom stereocenters. The third-order valence-electron chi connectivity index (χ3n) is 2.36. The van der Waals surface area contributed by atoms with Crippen LogP contribution in [0.4, 0.5) is 0 Å². The fraction of sp³-hybridized carbons (Fsp3) is 0.500. The number of hydrogen-bond acceptors (Lipinski definition) is 2. The minimum absolute atomic E-state index is 0.334. The number of nitrogens with zero attached hydrogens (tertiary/aromatic N) is 1. The molecule has 0 saturated heterocycles. The molecule has 4 heteroatoms. The van der Waals surface area contributed by atoms with Crippen LogP contribution in [0.1, 0.15) is 12.0 Å². The van der Waals surface area contributed by atoms with Crippen LogP contribution in [0.3, 0.4) is 0 Å². The smallest absolute Gasteiger partial charge is 0.0595 e. The largest absolute Gasteiger partial charge is 0.393 e. The molecule has 0 aliphatic heterocycles. The van der Waals surface area contributed by atoms with Crippen molar-refractivity contribution in [2.75, 3.05) is 20.6 Å². The summed E-state index contributed by atoms with van der Waals surface area (Å²) in [5, 5.41) is 10.9. The summed E-state index contributed by atoms with van der Waals surface area (Å²) in [6.45, 7) is 0.877. The third kappa shape index (κ3) is 4.71. The Morgan fingerprint density at radius 2 is 1.94 bits per heavy atom. The van der Waals surface area contributed by atoms with E-state index in [1.165, 1.54) is 0 Å². The van der Waals surface area contributed by atoms with Crippen molar-refractivity contribution in [3.63, 3.8) is 0 Å². The van der Waals surface area contributed by atoms with Gasteiger partial charge in [-0.3, -0.25) is 0 Å². The van der Waals surface area contributed by atoms with Crippen LogP contribution in [0, 0.1) is 0 Å². The van der Waals surface area contributed by atoms with Gasteiger partial charge < -0.3 is 10.0 Å². The van der Waals surface area contributed by atoms with Gasteiger partial charge in [-0.2, -0.15) is 0 Å². The van der Waals surface area contributed by atoms with Crippen LogP contribution < -0.4 is 0 Å². The summed E-state index contributed by atoms with van der Waals surface area (Å²) >= 11 is 11.7. The van der Waals surface area contributed by atoms with Gasteiger partial charge in [-0.1, -0.05) is 29.3 Å². The van der Waals surface area contributed by atoms with Crippen molar-refractivity contribution in [2.45, 2.75) is 18.9 Å². The van der Waals surface area contributed by atoms with E-state index in [1.54, 1.807) is 6.07 Å². The van der Waals surface area contributed by atoms with Gasteiger partial charge in [-0.05, 0) is 51.2 Å². The first kappa shape index (κ1) is 13.8. The Morgan fingerprint density at radius 3 is 2.50 bits per heavy atom. The van der Waals surface area contributed by atoms with E-state index in [4.69, 9.17) is 23.2 Å². The van der Waals surface area contributed by atoms with Gasteiger partial charge in [0.1, 0.15) is 0 Å². The molecule has 0 amide bonds. The number of hydrogen-bond donors (Lipinski definition) is 1. The van der Waals surface area contributed by atoms with Crippen LogP contribution in [0.2, 0.25) is 10.0 Å². The first-order chi connectivity index (χ1) is 7.49. The fourth-order valence-electron chi connectivity index (χ4n) is 1.45. The van der Waals surface area contributed by atoms with Crippen LogP contribution in [-0.2, 0) is 6.42 Å². The van der Waals surface area contributed by atoms with Crippen LogP contribution >= 0.6 is 23.2 Å². The highest BCUT2D eigenvalue weighted by Crippen LogP contribution is 2.23. The summed E-state index contributed by atoms with van der Waals surface area (Å²) in [5.74, 6) is 0. The van der Waals surface area contributed by atoms with Crippen LogP contribution in [0.15, 0.2) is 18.2 Å². The highest BCUT2D eigenvalue weighted by molar-refractivity contribution is 6.42. The molecule has 0 aromatic heterocycles. The molecule has 0 heterocycles. The van der Waals surface area contributed by atoms with Gasteiger partial charge in [-0.25, -0.2) is 0 Å². The highest BCUT2D eigenvalue weighted by atomic mass is 35.5. The van der Waals surface area contributed by atoms with E-state index in [0.717, 1.165) is 18.5 Å². The van der Waals surface area contributed by atoms with Gasteiger partial charge in [0.15, 0.2) is 0 Å². The lowest BCUT2D eigenvalue weighted by Crippen LogP contribution is -2.20. The molecule has 1 atom stereocenters. The molecule has 1 rings (SSSR count). The first-order valence-corrected chi connectivity index (χ1v) is 6.01. The first-order valence-electron chi connectivity index (χ1n) is 5.25. The van der Waals surface area contributed by atoms with E-state index < -0.39 is 0 Å².